The highest BCUT2D eigenvalue weighted by atomic mass is 35.5. The predicted molar refractivity (Wildman–Crippen MR) is 60.9 cm³/mol. The molecule has 84 valence electrons. The van der Waals surface area contributed by atoms with Gasteiger partial charge in [0.2, 0.25) is 0 Å². The van der Waals surface area contributed by atoms with Crippen LogP contribution in [0.2, 0.25) is 5.02 Å². The van der Waals surface area contributed by atoms with E-state index >= 15 is 0 Å². The van der Waals surface area contributed by atoms with Crippen LogP contribution in [-0.2, 0) is 16.6 Å². The molecule has 0 aliphatic carbocycles. The minimum Gasteiger partial charge on any atom is -0.216 e. The molecule has 0 saturated heterocycles. The quantitative estimate of drug-likeness (QED) is 0.837. The van der Waals surface area contributed by atoms with Gasteiger partial charge in [0.1, 0.15) is 0 Å². The minimum atomic E-state index is -3.65. The van der Waals surface area contributed by atoms with Crippen molar-refractivity contribution in [2.45, 2.75) is 19.4 Å². The zero-order valence-corrected chi connectivity index (χ0v) is 9.85. The van der Waals surface area contributed by atoms with Gasteiger partial charge in [-0.25, -0.2) is 5.14 Å². The molecule has 1 aromatic rings. The van der Waals surface area contributed by atoms with Crippen LogP contribution < -0.4 is 9.86 Å². The van der Waals surface area contributed by atoms with Crippen molar-refractivity contribution in [3.63, 3.8) is 0 Å². The summed E-state index contributed by atoms with van der Waals surface area (Å²) >= 11 is 5.93. The number of hydrogen-bond acceptors (Lipinski definition) is 2. The molecule has 0 aliphatic rings. The van der Waals surface area contributed by atoms with Gasteiger partial charge in [-0.3, -0.25) is 0 Å². The van der Waals surface area contributed by atoms with Gasteiger partial charge in [-0.2, -0.15) is 13.1 Å². The Morgan fingerprint density at radius 3 is 2.60 bits per heavy atom. The van der Waals surface area contributed by atoms with E-state index in [2.05, 4.69) is 4.72 Å². The molecule has 0 bridgehead atoms. The summed E-state index contributed by atoms with van der Waals surface area (Å²) in [4.78, 5) is 0. The smallest absolute Gasteiger partial charge is 0.216 e. The Balaban J connectivity index is 2.67. The molecule has 0 spiro atoms. The van der Waals surface area contributed by atoms with Crippen molar-refractivity contribution < 1.29 is 8.42 Å². The van der Waals surface area contributed by atoms with E-state index < -0.39 is 10.2 Å². The summed E-state index contributed by atoms with van der Waals surface area (Å²) in [5.41, 5.74) is 0.891. The van der Waals surface area contributed by atoms with Crippen molar-refractivity contribution in [2.24, 2.45) is 5.14 Å². The highest BCUT2D eigenvalue weighted by Crippen LogP contribution is 2.16. The van der Waals surface area contributed by atoms with Crippen LogP contribution in [0.1, 0.15) is 12.5 Å². The van der Waals surface area contributed by atoms with Crippen LogP contribution in [0.4, 0.5) is 0 Å². The second kappa shape index (κ2) is 4.94. The topological polar surface area (TPSA) is 72.2 Å². The normalized spacial score (nSPS) is 13.8. The van der Waals surface area contributed by atoms with Crippen LogP contribution in [0.15, 0.2) is 24.3 Å². The zero-order valence-electron chi connectivity index (χ0n) is 8.27. The Bertz CT molecular complexity index is 433. The van der Waals surface area contributed by atoms with E-state index in [4.69, 9.17) is 16.7 Å². The third-order valence-electron chi connectivity index (χ3n) is 1.85. The Kier molecular flexibility index (Phi) is 4.10. The third kappa shape index (κ3) is 4.61. The van der Waals surface area contributed by atoms with Gasteiger partial charge in [-0.15, -0.1) is 0 Å². The minimum absolute atomic E-state index is 0.278. The molecule has 4 nitrogen and oxygen atoms in total. The summed E-state index contributed by atoms with van der Waals surface area (Å²) in [7, 11) is -3.65. The van der Waals surface area contributed by atoms with Gasteiger partial charge < -0.3 is 0 Å². The average Bonchev–Trinajstić information content (AvgIpc) is 2.05. The molecule has 1 aromatic carbocycles. The number of hydrogen-bond donors (Lipinski definition) is 2. The largest absolute Gasteiger partial charge is 0.274 e. The highest BCUT2D eigenvalue weighted by Gasteiger charge is 2.10. The number of rotatable bonds is 4. The standard InChI is InChI=1S/C9H13ClN2O2S/c1-7(12-15(11,13)14)6-8-4-2-3-5-9(8)10/h2-5,7,12H,6H2,1H3,(H2,11,13,14). The Morgan fingerprint density at radius 1 is 1.47 bits per heavy atom. The fourth-order valence-corrected chi connectivity index (χ4v) is 2.17. The Hall–Kier alpha value is -0.620. The van der Waals surface area contributed by atoms with Gasteiger partial charge in [0.05, 0.1) is 0 Å². The van der Waals surface area contributed by atoms with Gasteiger partial charge in [0, 0.05) is 11.1 Å². The van der Waals surface area contributed by atoms with Crippen molar-refractivity contribution in [2.75, 3.05) is 0 Å². The first kappa shape index (κ1) is 12.4. The van der Waals surface area contributed by atoms with E-state index in [-0.39, 0.29) is 6.04 Å². The van der Waals surface area contributed by atoms with Gasteiger partial charge in [-0.05, 0) is 25.0 Å². The van der Waals surface area contributed by atoms with E-state index in [0.717, 1.165) is 5.56 Å². The molecule has 0 aromatic heterocycles. The van der Waals surface area contributed by atoms with E-state index in [1.165, 1.54) is 0 Å². The van der Waals surface area contributed by atoms with E-state index in [9.17, 15) is 8.42 Å². The lowest BCUT2D eigenvalue weighted by Crippen LogP contribution is -2.38. The number of benzene rings is 1. The summed E-state index contributed by atoms with van der Waals surface area (Å²) in [6.07, 6.45) is 0.510. The van der Waals surface area contributed by atoms with Crippen molar-refractivity contribution in [1.29, 1.82) is 0 Å². The highest BCUT2D eigenvalue weighted by molar-refractivity contribution is 7.87. The van der Waals surface area contributed by atoms with Crippen LogP contribution in [0.25, 0.3) is 0 Å². The SMILES string of the molecule is CC(Cc1ccccc1Cl)NS(N)(=O)=O. The molecular formula is C9H13ClN2O2S. The molecule has 1 rings (SSSR count). The van der Waals surface area contributed by atoms with Crippen molar-refractivity contribution in [3.8, 4) is 0 Å². The number of nitrogens with one attached hydrogen (secondary N) is 1. The zero-order chi connectivity index (χ0) is 11.5. The molecule has 1 atom stereocenters. The molecule has 1 unspecified atom stereocenters. The maximum atomic E-state index is 10.8. The first-order valence-electron chi connectivity index (χ1n) is 4.42. The fraction of sp³-hybridized carbons (Fsp3) is 0.333. The second-order valence-electron chi connectivity index (χ2n) is 3.36. The van der Waals surface area contributed by atoms with Crippen molar-refractivity contribution in [3.05, 3.63) is 34.9 Å². The third-order valence-corrected chi connectivity index (χ3v) is 2.95. The summed E-state index contributed by atoms with van der Waals surface area (Å²) < 4.78 is 23.8. The van der Waals surface area contributed by atoms with Crippen LogP contribution in [0.3, 0.4) is 0 Å². The van der Waals surface area contributed by atoms with E-state index in [0.29, 0.717) is 11.4 Å². The predicted octanol–water partition coefficient (Wildman–Crippen LogP) is 1.06. The van der Waals surface area contributed by atoms with Crippen LogP contribution >= 0.6 is 11.6 Å². The van der Waals surface area contributed by atoms with Gasteiger partial charge in [0.25, 0.3) is 10.2 Å². The van der Waals surface area contributed by atoms with Crippen LogP contribution in [0, 0.1) is 0 Å². The molecule has 0 fully saturated rings. The molecule has 0 aliphatic heterocycles. The molecule has 0 saturated carbocycles. The van der Waals surface area contributed by atoms with Crippen LogP contribution in [0.5, 0.6) is 0 Å². The van der Waals surface area contributed by atoms with E-state index in [1.807, 2.05) is 18.2 Å². The van der Waals surface area contributed by atoms with Crippen LogP contribution in [-0.4, -0.2) is 14.5 Å². The Labute approximate surface area is 94.6 Å². The lowest BCUT2D eigenvalue weighted by Gasteiger charge is -2.12. The maximum absolute atomic E-state index is 10.8. The molecule has 6 heteroatoms. The summed E-state index contributed by atoms with van der Waals surface area (Å²) in [5.74, 6) is 0. The van der Waals surface area contributed by atoms with Crippen molar-refractivity contribution in [1.82, 2.24) is 4.72 Å². The molecular weight excluding hydrogens is 236 g/mol. The molecule has 0 heterocycles. The lowest BCUT2D eigenvalue weighted by molar-refractivity contribution is 0.561. The maximum Gasteiger partial charge on any atom is 0.274 e. The number of nitrogens with two attached hydrogens (primary N) is 1. The molecule has 0 radical (unpaired) electrons. The van der Waals surface area contributed by atoms with Gasteiger partial charge in [-0.1, -0.05) is 29.8 Å². The fourth-order valence-electron chi connectivity index (χ4n) is 1.32. The number of halogens is 1. The molecule has 15 heavy (non-hydrogen) atoms. The molecule has 0 amide bonds. The average molecular weight is 249 g/mol. The van der Waals surface area contributed by atoms with E-state index in [1.54, 1.807) is 13.0 Å². The summed E-state index contributed by atoms with van der Waals surface area (Å²) in [6, 6.07) is 7.01. The Morgan fingerprint density at radius 2 is 2.07 bits per heavy atom. The summed E-state index contributed by atoms with van der Waals surface area (Å²) in [6.45, 7) is 1.73. The summed E-state index contributed by atoms with van der Waals surface area (Å²) in [5, 5.41) is 5.48. The second-order valence-corrected chi connectivity index (χ2v) is 5.09. The first-order chi connectivity index (χ1) is 6.88. The van der Waals surface area contributed by atoms with Crippen molar-refractivity contribution >= 4 is 21.8 Å². The molecule has 3 N–H and O–H groups in total. The monoisotopic (exact) mass is 248 g/mol. The first-order valence-corrected chi connectivity index (χ1v) is 6.34. The van der Waals surface area contributed by atoms with Gasteiger partial charge >= 0.3 is 0 Å². The van der Waals surface area contributed by atoms with Gasteiger partial charge in [0.15, 0.2) is 0 Å². The lowest BCUT2D eigenvalue weighted by atomic mass is 10.1.